The van der Waals surface area contributed by atoms with E-state index in [2.05, 4.69) is 10.3 Å². The maximum absolute atomic E-state index is 13.6. The molecule has 1 aromatic carbocycles. The maximum atomic E-state index is 13.6. The second-order valence-electron chi connectivity index (χ2n) is 8.68. The number of hydrazine groups is 1. The summed E-state index contributed by atoms with van der Waals surface area (Å²) in [5.41, 5.74) is 3.67. The minimum absolute atomic E-state index is 0.0334. The number of hydrogen-bond acceptors (Lipinski definition) is 8. The fourth-order valence-corrected chi connectivity index (χ4v) is 6.67. The number of aliphatic carboxylic acids is 1. The molecule has 0 amide bonds. The molecule has 0 spiro atoms. The van der Waals surface area contributed by atoms with Crippen molar-refractivity contribution in [3.63, 3.8) is 0 Å². The third kappa shape index (κ3) is 6.60. The molecule has 0 saturated heterocycles. The number of hydrogen-bond donors (Lipinski definition) is 3. The van der Waals surface area contributed by atoms with Crippen LogP contribution in [0.2, 0.25) is 4.34 Å². The van der Waals surface area contributed by atoms with Gasteiger partial charge in [0.15, 0.2) is 0 Å². The predicted octanol–water partition coefficient (Wildman–Crippen LogP) is 4.22. The molecule has 1 aliphatic rings. The SMILES string of the molecule is CCN(N)c1cccc(C)c1NC[C@@H]1CN(Cc2cc(CCC(=O)O)sc2Cl)S(=O)c2cnccc2O1. The van der Waals surface area contributed by atoms with Gasteiger partial charge in [0.25, 0.3) is 0 Å². The van der Waals surface area contributed by atoms with Gasteiger partial charge >= 0.3 is 5.97 Å². The van der Waals surface area contributed by atoms with Gasteiger partial charge in [-0.3, -0.25) is 9.78 Å². The molecule has 2 aromatic heterocycles. The molecular weight excluding hydrogens is 534 g/mol. The van der Waals surface area contributed by atoms with Crippen molar-refractivity contribution < 1.29 is 18.8 Å². The van der Waals surface area contributed by atoms with Crippen LogP contribution in [0.4, 0.5) is 11.4 Å². The summed E-state index contributed by atoms with van der Waals surface area (Å²) in [7, 11) is -1.53. The van der Waals surface area contributed by atoms with E-state index in [0.717, 1.165) is 27.4 Å². The van der Waals surface area contributed by atoms with E-state index in [9.17, 15) is 9.00 Å². The van der Waals surface area contributed by atoms with Crippen LogP contribution in [0.3, 0.4) is 0 Å². The molecule has 3 heterocycles. The molecule has 198 valence electrons. The lowest BCUT2D eigenvalue weighted by Gasteiger charge is -2.26. The van der Waals surface area contributed by atoms with E-state index in [1.54, 1.807) is 23.5 Å². The first kappa shape index (κ1) is 27.3. The van der Waals surface area contributed by atoms with Gasteiger partial charge < -0.3 is 20.2 Å². The summed E-state index contributed by atoms with van der Waals surface area (Å²) >= 11 is 7.85. The van der Waals surface area contributed by atoms with E-state index in [1.807, 2.05) is 42.4 Å². The summed E-state index contributed by atoms with van der Waals surface area (Å²) in [6, 6.07) is 9.58. The number of aryl methyl sites for hydroxylation is 2. The molecule has 4 N–H and O–H groups in total. The van der Waals surface area contributed by atoms with Crippen LogP contribution in [-0.2, 0) is 28.7 Å². The number of carboxylic acids is 1. The Balaban J connectivity index is 1.57. The van der Waals surface area contributed by atoms with Gasteiger partial charge in [0.1, 0.15) is 27.7 Å². The quantitative estimate of drug-likeness (QED) is 0.248. The molecule has 0 fully saturated rings. The topological polar surface area (TPSA) is 121 Å². The number of benzene rings is 1. The van der Waals surface area contributed by atoms with Gasteiger partial charge in [-0.25, -0.2) is 14.4 Å². The van der Waals surface area contributed by atoms with Crippen LogP contribution in [0.5, 0.6) is 5.75 Å². The number of fused-ring (bicyclic) bond motifs is 1. The highest BCUT2D eigenvalue weighted by atomic mass is 35.5. The van der Waals surface area contributed by atoms with E-state index in [4.69, 9.17) is 27.3 Å². The molecular formula is C25H30ClN5O4S2. The minimum Gasteiger partial charge on any atom is -0.486 e. The Bertz CT molecular complexity index is 1290. The van der Waals surface area contributed by atoms with E-state index in [0.29, 0.717) is 47.6 Å². The lowest BCUT2D eigenvalue weighted by atomic mass is 10.1. The van der Waals surface area contributed by atoms with E-state index >= 15 is 0 Å². The van der Waals surface area contributed by atoms with Crippen molar-refractivity contribution in [1.29, 1.82) is 0 Å². The van der Waals surface area contributed by atoms with Gasteiger partial charge in [-0.05, 0) is 49.6 Å². The third-order valence-corrected chi connectivity index (χ3v) is 8.95. The van der Waals surface area contributed by atoms with Crippen LogP contribution in [0.15, 0.2) is 47.6 Å². The summed E-state index contributed by atoms with van der Waals surface area (Å²) < 4.78 is 22.3. The van der Waals surface area contributed by atoms with Gasteiger partial charge in [-0.15, -0.1) is 11.3 Å². The Morgan fingerprint density at radius 1 is 1.43 bits per heavy atom. The van der Waals surface area contributed by atoms with Crippen molar-refractivity contribution in [2.75, 3.05) is 30.0 Å². The summed E-state index contributed by atoms with van der Waals surface area (Å²) in [6.45, 7) is 5.80. The highest BCUT2D eigenvalue weighted by molar-refractivity contribution is 7.82. The lowest BCUT2D eigenvalue weighted by molar-refractivity contribution is -0.136. The third-order valence-electron chi connectivity index (χ3n) is 6.02. The molecule has 0 aliphatic carbocycles. The standard InChI is InChI=1S/C25H30ClN5O4S2/c1-3-31(27)20-6-4-5-16(2)24(20)29-12-18-15-30(37(34)22-13-28-10-9-21(22)35-18)14-17-11-19(36-25(17)26)7-8-23(32)33/h4-6,9-11,13,18,29H,3,7-8,12,14-15,27H2,1-2H3,(H,32,33)/t18-,37?/m1/s1. The number of pyridine rings is 1. The zero-order valence-corrected chi connectivity index (χ0v) is 23.0. The Kier molecular flexibility index (Phi) is 9.04. The first-order chi connectivity index (χ1) is 17.8. The summed E-state index contributed by atoms with van der Waals surface area (Å²) in [4.78, 5) is 16.5. The number of carboxylic acid groups (broad SMARTS) is 1. The zero-order valence-electron chi connectivity index (χ0n) is 20.6. The number of para-hydroxylation sites is 1. The molecule has 0 saturated carbocycles. The number of carbonyl (C=O) groups is 1. The van der Waals surface area contributed by atoms with Crippen LogP contribution < -0.4 is 20.9 Å². The Morgan fingerprint density at radius 2 is 2.24 bits per heavy atom. The number of rotatable bonds is 10. The highest BCUT2D eigenvalue weighted by Crippen LogP contribution is 2.34. The Hall–Kier alpha value is -2.70. The average Bonchev–Trinajstić information content (AvgIpc) is 3.17. The molecule has 3 aromatic rings. The van der Waals surface area contributed by atoms with E-state index < -0.39 is 17.0 Å². The first-order valence-electron chi connectivity index (χ1n) is 11.9. The largest absolute Gasteiger partial charge is 0.486 e. The van der Waals surface area contributed by atoms with Gasteiger partial charge in [0.2, 0.25) is 0 Å². The number of anilines is 2. The van der Waals surface area contributed by atoms with Crippen molar-refractivity contribution in [3.8, 4) is 5.75 Å². The second-order valence-corrected chi connectivity index (χ2v) is 11.9. The van der Waals surface area contributed by atoms with Crippen molar-refractivity contribution in [1.82, 2.24) is 9.29 Å². The highest BCUT2D eigenvalue weighted by Gasteiger charge is 2.30. The van der Waals surface area contributed by atoms with Gasteiger partial charge in [-0.1, -0.05) is 23.7 Å². The van der Waals surface area contributed by atoms with Crippen molar-refractivity contribution in [3.05, 3.63) is 63.1 Å². The van der Waals surface area contributed by atoms with Crippen LogP contribution in [-0.4, -0.2) is 50.3 Å². The fourth-order valence-electron chi connectivity index (χ4n) is 4.10. The Morgan fingerprint density at radius 3 is 3.00 bits per heavy atom. The second kappa shape index (κ2) is 12.2. The van der Waals surface area contributed by atoms with Crippen LogP contribution >= 0.6 is 22.9 Å². The number of nitrogens with one attached hydrogen (secondary N) is 1. The molecule has 1 aliphatic heterocycles. The molecule has 9 nitrogen and oxygen atoms in total. The molecule has 4 rings (SSSR count). The predicted molar refractivity (Wildman–Crippen MR) is 148 cm³/mol. The average molecular weight is 564 g/mol. The minimum atomic E-state index is -1.53. The molecule has 0 radical (unpaired) electrons. The smallest absolute Gasteiger partial charge is 0.303 e. The molecule has 1 unspecified atom stereocenters. The van der Waals surface area contributed by atoms with Crippen LogP contribution in [0.1, 0.15) is 29.3 Å². The molecule has 0 bridgehead atoms. The van der Waals surface area contributed by atoms with Crippen molar-refractivity contribution in [2.45, 2.75) is 44.2 Å². The normalized spacial score (nSPS) is 17.5. The monoisotopic (exact) mass is 563 g/mol. The summed E-state index contributed by atoms with van der Waals surface area (Å²) in [5, 5.41) is 14.2. The number of aromatic nitrogens is 1. The van der Waals surface area contributed by atoms with E-state index in [-0.39, 0.29) is 12.5 Å². The molecule has 2 atom stereocenters. The fraction of sp³-hybridized carbons (Fsp3) is 0.360. The van der Waals surface area contributed by atoms with Gasteiger partial charge in [0, 0.05) is 30.4 Å². The van der Waals surface area contributed by atoms with Crippen LogP contribution in [0, 0.1) is 6.92 Å². The van der Waals surface area contributed by atoms with Crippen LogP contribution in [0.25, 0.3) is 0 Å². The number of thiophene rings is 1. The van der Waals surface area contributed by atoms with E-state index in [1.165, 1.54) is 11.3 Å². The number of halogens is 1. The summed E-state index contributed by atoms with van der Waals surface area (Å²) in [5.74, 6) is 5.88. The number of ether oxygens (including phenoxy) is 1. The van der Waals surface area contributed by atoms with Gasteiger partial charge in [0.05, 0.1) is 35.2 Å². The zero-order chi connectivity index (χ0) is 26.5. The van der Waals surface area contributed by atoms with Crippen molar-refractivity contribution >= 4 is 51.3 Å². The summed E-state index contributed by atoms with van der Waals surface area (Å²) in [6.07, 6.45) is 3.28. The number of nitrogens with zero attached hydrogens (tertiary/aromatic N) is 3. The first-order valence-corrected chi connectivity index (χ1v) is 14.2. The Labute approximate surface area is 227 Å². The lowest BCUT2D eigenvalue weighted by Crippen LogP contribution is -2.38. The number of nitrogens with two attached hydrogens (primary N) is 1. The molecule has 37 heavy (non-hydrogen) atoms. The maximum Gasteiger partial charge on any atom is 0.303 e. The van der Waals surface area contributed by atoms with Crippen molar-refractivity contribution in [2.24, 2.45) is 5.84 Å². The van der Waals surface area contributed by atoms with Gasteiger partial charge in [-0.2, -0.15) is 0 Å². The molecule has 12 heteroatoms.